The number of nitrogens with one attached hydrogen (secondary N) is 1. The lowest BCUT2D eigenvalue weighted by Gasteiger charge is -2.19. The van der Waals surface area contributed by atoms with Crippen molar-refractivity contribution in [2.45, 2.75) is 13.0 Å². The van der Waals surface area contributed by atoms with Gasteiger partial charge in [-0.25, -0.2) is 0 Å². The molecule has 98 valence electrons. The molecule has 1 atom stereocenters. The second kappa shape index (κ2) is 5.63. The van der Waals surface area contributed by atoms with Gasteiger partial charge in [0.25, 0.3) is 10.2 Å². The summed E-state index contributed by atoms with van der Waals surface area (Å²) in [4.78, 5) is 0. The molecule has 0 saturated heterocycles. The minimum absolute atomic E-state index is 0.208. The summed E-state index contributed by atoms with van der Waals surface area (Å²) >= 11 is 0. The Kier molecular flexibility index (Phi) is 4.70. The Balaban J connectivity index is 2.88. The molecule has 1 aromatic heterocycles. The minimum atomic E-state index is -3.52. The van der Waals surface area contributed by atoms with Crippen LogP contribution in [0.2, 0.25) is 0 Å². The molecule has 1 aromatic rings. The fraction of sp³-hybridized carbons (Fsp3) is 0.600. The lowest BCUT2D eigenvalue weighted by molar-refractivity contribution is 0.165. The van der Waals surface area contributed by atoms with Gasteiger partial charge < -0.3 is 9.15 Å². The van der Waals surface area contributed by atoms with Crippen LogP contribution in [-0.4, -0.2) is 40.5 Å². The SMILES string of the molecule is COCC(NS(=O)(=O)N(C)C)c1ccc(C)o1. The molecule has 1 unspecified atom stereocenters. The molecule has 0 aliphatic rings. The zero-order chi connectivity index (χ0) is 13.1. The van der Waals surface area contributed by atoms with Crippen molar-refractivity contribution >= 4 is 10.2 Å². The van der Waals surface area contributed by atoms with Crippen LogP contribution in [-0.2, 0) is 14.9 Å². The van der Waals surface area contributed by atoms with E-state index >= 15 is 0 Å². The summed E-state index contributed by atoms with van der Waals surface area (Å²) in [6.07, 6.45) is 0. The summed E-state index contributed by atoms with van der Waals surface area (Å²) < 4.78 is 37.4. The molecular weight excluding hydrogens is 244 g/mol. The summed E-state index contributed by atoms with van der Waals surface area (Å²) in [6, 6.07) is 2.99. The van der Waals surface area contributed by atoms with Gasteiger partial charge in [-0.15, -0.1) is 0 Å². The first-order valence-electron chi connectivity index (χ1n) is 5.12. The molecule has 0 bridgehead atoms. The second-order valence-corrected chi connectivity index (χ2v) is 5.78. The van der Waals surface area contributed by atoms with Gasteiger partial charge in [0.05, 0.1) is 6.61 Å². The van der Waals surface area contributed by atoms with Crippen LogP contribution in [0.15, 0.2) is 16.5 Å². The number of nitrogens with zero attached hydrogens (tertiary/aromatic N) is 1. The number of aryl methyl sites for hydroxylation is 1. The molecule has 0 radical (unpaired) electrons. The summed E-state index contributed by atoms with van der Waals surface area (Å²) in [6.45, 7) is 2.01. The van der Waals surface area contributed by atoms with Crippen molar-refractivity contribution in [2.24, 2.45) is 0 Å². The van der Waals surface area contributed by atoms with Gasteiger partial charge in [-0.05, 0) is 19.1 Å². The van der Waals surface area contributed by atoms with Gasteiger partial charge in [0.15, 0.2) is 0 Å². The maximum Gasteiger partial charge on any atom is 0.279 e. The van der Waals surface area contributed by atoms with E-state index in [4.69, 9.17) is 9.15 Å². The van der Waals surface area contributed by atoms with Gasteiger partial charge in [0.2, 0.25) is 0 Å². The van der Waals surface area contributed by atoms with Crippen LogP contribution in [0.5, 0.6) is 0 Å². The Hall–Kier alpha value is -0.890. The largest absolute Gasteiger partial charge is 0.465 e. The van der Waals surface area contributed by atoms with Crippen LogP contribution < -0.4 is 4.72 Å². The topological polar surface area (TPSA) is 71.8 Å². The van der Waals surface area contributed by atoms with E-state index in [1.54, 1.807) is 19.1 Å². The molecule has 17 heavy (non-hydrogen) atoms. The third-order valence-corrected chi connectivity index (χ3v) is 3.75. The molecule has 6 nitrogen and oxygen atoms in total. The van der Waals surface area contributed by atoms with Gasteiger partial charge in [-0.3, -0.25) is 0 Å². The van der Waals surface area contributed by atoms with Crippen molar-refractivity contribution in [3.63, 3.8) is 0 Å². The highest BCUT2D eigenvalue weighted by Crippen LogP contribution is 2.17. The maximum atomic E-state index is 11.7. The number of furan rings is 1. The van der Waals surface area contributed by atoms with Crippen molar-refractivity contribution < 1.29 is 17.6 Å². The van der Waals surface area contributed by atoms with Crippen LogP contribution in [0, 0.1) is 6.92 Å². The van der Waals surface area contributed by atoms with E-state index in [0.29, 0.717) is 5.76 Å². The first-order chi connectivity index (χ1) is 7.86. The molecule has 7 heteroatoms. The molecule has 1 N–H and O–H groups in total. The van der Waals surface area contributed by atoms with Crippen molar-refractivity contribution in [3.8, 4) is 0 Å². The summed E-state index contributed by atoms with van der Waals surface area (Å²) in [5.74, 6) is 1.26. The fourth-order valence-electron chi connectivity index (χ4n) is 1.27. The summed E-state index contributed by atoms with van der Waals surface area (Å²) in [5.41, 5.74) is 0. The summed E-state index contributed by atoms with van der Waals surface area (Å²) in [7, 11) is 0.907. The van der Waals surface area contributed by atoms with Gasteiger partial charge >= 0.3 is 0 Å². The molecule has 0 aliphatic heterocycles. The molecule has 0 amide bonds. The van der Waals surface area contributed by atoms with Crippen molar-refractivity contribution in [1.29, 1.82) is 0 Å². The van der Waals surface area contributed by atoms with E-state index < -0.39 is 16.3 Å². The van der Waals surface area contributed by atoms with Crippen LogP contribution in [0.1, 0.15) is 17.6 Å². The molecule has 0 saturated carbocycles. The normalized spacial score (nSPS) is 14.2. The van der Waals surface area contributed by atoms with E-state index in [9.17, 15) is 8.42 Å². The van der Waals surface area contributed by atoms with Crippen molar-refractivity contribution in [1.82, 2.24) is 9.03 Å². The molecule has 0 aromatic carbocycles. The zero-order valence-electron chi connectivity index (χ0n) is 10.4. The zero-order valence-corrected chi connectivity index (χ0v) is 11.2. The Morgan fingerprint density at radius 2 is 2.12 bits per heavy atom. The van der Waals surface area contributed by atoms with E-state index in [1.807, 2.05) is 0 Å². The Morgan fingerprint density at radius 3 is 2.53 bits per heavy atom. The lowest BCUT2D eigenvalue weighted by Crippen LogP contribution is -2.39. The standard InChI is InChI=1S/C10H18N2O4S/c1-8-5-6-10(16-8)9(7-15-4)11-17(13,14)12(2)3/h5-6,9,11H,7H2,1-4H3. The molecular formula is C10H18N2O4S. The first-order valence-corrected chi connectivity index (χ1v) is 6.56. The van der Waals surface area contributed by atoms with E-state index in [0.717, 1.165) is 10.1 Å². The van der Waals surface area contributed by atoms with Crippen molar-refractivity contribution in [2.75, 3.05) is 27.8 Å². The predicted octanol–water partition coefficient (Wildman–Crippen LogP) is 0.672. The molecule has 0 fully saturated rings. The summed E-state index contributed by atoms with van der Waals surface area (Å²) in [5, 5.41) is 0. The molecule has 0 aliphatic carbocycles. The molecule has 0 spiro atoms. The minimum Gasteiger partial charge on any atom is -0.465 e. The number of hydrogen-bond donors (Lipinski definition) is 1. The van der Waals surface area contributed by atoms with E-state index in [1.165, 1.54) is 21.2 Å². The molecule has 1 rings (SSSR count). The monoisotopic (exact) mass is 262 g/mol. The Bertz CT molecular complexity index is 453. The predicted molar refractivity (Wildman–Crippen MR) is 63.8 cm³/mol. The number of methoxy groups -OCH3 is 1. The van der Waals surface area contributed by atoms with Gasteiger partial charge in [0, 0.05) is 21.2 Å². The third-order valence-electron chi connectivity index (χ3n) is 2.21. The quantitative estimate of drug-likeness (QED) is 0.818. The van der Waals surface area contributed by atoms with Crippen LogP contribution in [0.4, 0.5) is 0 Å². The molecule has 1 heterocycles. The van der Waals surface area contributed by atoms with Crippen LogP contribution in [0.25, 0.3) is 0 Å². The van der Waals surface area contributed by atoms with Gasteiger partial charge in [-0.1, -0.05) is 0 Å². The number of ether oxygens (including phenoxy) is 1. The van der Waals surface area contributed by atoms with Gasteiger partial charge in [0.1, 0.15) is 17.6 Å². The second-order valence-electron chi connectivity index (χ2n) is 3.86. The van der Waals surface area contributed by atoms with Crippen LogP contribution >= 0.6 is 0 Å². The first kappa shape index (κ1) is 14.2. The van der Waals surface area contributed by atoms with E-state index in [-0.39, 0.29) is 6.61 Å². The third kappa shape index (κ3) is 3.81. The maximum absolute atomic E-state index is 11.7. The highest BCUT2D eigenvalue weighted by Gasteiger charge is 2.23. The van der Waals surface area contributed by atoms with Crippen molar-refractivity contribution in [3.05, 3.63) is 23.7 Å². The average molecular weight is 262 g/mol. The van der Waals surface area contributed by atoms with Crippen LogP contribution in [0.3, 0.4) is 0 Å². The Labute approximate surface area is 102 Å². The highest BCUT2D eigenvalue weighted by atomic mass is 32.2. The number of hydrogen-bond acceptors (Lipinski definition) is 4. The highest BCUT2D eigenvalue weighted by molar-refractivity contribution is 7.87. The smallest absolute Gasteiger partial charge is 0.279 e. The van der Waals surface area contributed by atoms with Gasteiger partial charge in [-0.2, -0.15) is 17.4 Å². The Morgan fingerprint density at radius 1 is 1.47 bits per heavy atom. The van der Waals surface area contributed by atoms with E-state index in [2.05, 4.69) is 4.72 Å². The fourth-order valence-corrected chi connectivity index (χ4v) is 2.02. The average Bonchev–Trinajstić information content (AvgIpc) is 2.63. The number of rotatable bonds is 6. The lowest BCUT2D eigenvalue weighted by atomic mass is 10.2.